The summed E-state index contributed by atoms with van der Waals surface area (Å²) in [6, 6.07) is 15.4. The Morgan fingerprint density at radius 3 is 2.47 bits per heavy atom. The molecule has 0 aliphatic carbocycles. The molecular weight excluding hydrogens is 413 g/mol. The van der Waals surface area contributed by atoms with Crippen LogP contribution in [0.25, 0.3) is 10.9 Å². The van der Waals surface area contributed by atoms with Crippen molar-refractivity contribution in [1.29, 1.82) is 0 Å². The van der Waals surface area contributed by atoms with Crippen LogP contribution < -0.4 is 5.32 Å². The van der Waals surface area contributed by atoms with Crippen molar-refractivity contribution in [2.24, 2.45) is 0 Å². The summed E-state index contributed by atoms with van der Waals surface area (Å²) in [6.45, 7) is 2.53. The van der Waals surface area contributed by atoms with Crippen LogP contribution in [-0.4, -0.2) is 24.7 Å². The predicted molar refractivity (Wildman–Crippen MR) is 112 cm³/mol. The Morgan fingerprint density at radius 1 is 1.03 bits per heavy atom. The molecule has 0 spiro atoms. The van der Waals surface area contributed by atoms with E-state index in [1.165, 1.54) is 11.6 Å². The van der Waals surface area contributed by atoms with Crippen molar-refractivity contribution < 1.29 is 17.9 Å². The van der Waals surface area contributed by atoms with Gasteiger partial charge >= 0.3 is 6.18 Å². The smallest absolute Gasteiger partial charge is 0.374 e. The van der Waals surface area contributed by atoms with E-state index in [0.717, 1.165) is 38.1 Å². The monoisotopic (exact) mass is 434 g/mol. The second kappa shape index (κ2) is 8.53. The number of ether oxygens (including phenoxy) is 1. The van der Waals surface area contributed by atoms with Gasteiger partial charge in [0.05, 0.1) is 35.0 Å². The number of pyridine rings is 1. The van der Waals surface area contributed by atoms with Crippen LogP contribution in [0.3, 0.4) is 0 Å². The lowest BCUT2D eigenvalue weighted by molar-refractivity contribution is -0.137. The zero-order valence-electron chi connectivity index (χ0n) is 16.3. The van der Waals surface area contributed by atoms with Crippen LogP contribution in [0.5, 0.6) is 0 Å². The second-order valence-electron chi connectivity index (χ2n) is 7.71. The van der Waals surface area contributed by atoms with E-state index in [1.54, 1.807) is 6.07 Å². The summed E-state index contributed by atoms with van der Waals surface area (Å²) in [4.78, 5) is 4.37. The van der Waals surface area contributed by atoms with Crippen molar-refractivity contribution >= 4 is 22.5 Å². The van der Waals surface area contributed by atoms with Crippen molar-refractivity contribution in [3.05, 3.63) is 76.4 Å². The predicted octanol–water partition coefficient (Wildman–Crippen LogP) is 5.75. The fourth-order valence-corrected chi connectivity index (χ4v) is 4.34. The lowest BCUT2D eigenvalue weighted by Crippen LogP contribution is -2.43. The minimum atomic E-state index is -4.42. The van der Waals surface area contributed by atoms with Crippen LogP contribution in [-0.2, 0) is 22.9 Å². The van der Waals surface area contributed by atoms with Gasteiger partial charge in [0.15, 0.2) is 0 Å². The molecule has 1 aromatic heterocycles. The van der Waals surface area contributed by atoms with Crippen LogP contribution in [0, 0.1) is 0 Å². The van der Waals surface area contributed by atoms with Gasteiger partial charge in [-0.25, -0.2) is 0 Å². The average Bonchev–Trinajstić information content (AvgIpc) is 2.74. The first kappa shape index (κ1) is 21.1. The number of piperidine rings is 1. The molecule has 158 valence electrons. The summed E-state index contributed by atoms with van der Waals surface area (Å²) < 4.78 is 45.2. The maximum atomic E-state index is 13.0. The van der Waals surface area contributed by atoms with Crippen LogP contribution >= 0.6 is 11.6 Å². The fourth-order valence-electron chi connectivity index (χ4n) is 4.05. The molecule has 1 aliphatic heterocycles. The van der Waals surface area contributed by atoms with Gasteiger partial charge < -0.3 is 10.1 Å². The van der Waals surface area contributed by atoms with Gasteiger partial charge in [-0.15, -0.1) is 0 Å². The summed E-state index contributed by atoms with van der Waals surface area (Å²) in [5.41, 5.74) is 1.15. The molecule has 0 atom stereocenters. The number of benzene rings is 2. The molecule has 1 N–H and O–H groups in total. The fraction of sp³-hybridized carbons (Fsp3) is 0.348. The highest BCUT2D eigenvalue weighted by atomic mass is 35.5. The minimum absolute atomic E-state index is 0.0867. The third kappa shape index (κ3) is 4.46. The SMILES string of the molecule is FC(F)(F)c1ccc2c(Cl)cc(COCC3(c4ccccc4)CCNCC3)nc2c1. The summed E-state index contributed by atoms with van der Waals surface area (Å²) in [7, 11) is 0. The Labute approximate surface area is 178 Å². The summed E-state index contributed by atoms with van der Waals surface area (Å²) >= 11 is 6.29. The van der Waals surface area contributed by atoms with Crippen molar-refractivity contribution in [3.63, 3.8) is 0 Å². The van der Waals surface area contributed by atoms with Crippen molar-refractivity contribution in [2.45, 2.75) is 31.0 Å². The average molecular weight is 435 g/mol. The number of hydrogen-bond acceptors (Lipinski definition) is 3. The Hall–Kier alpha value is -2.15. The zero-order chi connectivity index (χ0) is 21.2. The minimum Gasteiger partial charge on any atom is -0.374 e. The molecule has 3 nitrogen and oxygen atoms in total. The standard InChI is InChI=1S/C23H22ClF3N2O/c24-20-13-18(29-21-12-17(23(25,26)27)6-7-19(20)21)14-30-15-22(8-10-28-11-9-22)16-4-2-1-3-5-16/h1-7,12-13,28H,8-11,14-15H2. The highest BCUT2D eigenvalue weighted by Crippen LogP contribution is 2.35. The molecule has 0 saturated carbocycles. The van der Waals surface area contributed by atoms with Gasteiger partial charge in [-0.05, 0) is 49.7 Å². The van der Waals surface area contributed by atoms with Crippen molar-refractivity contribution in [2.75, 3.05) is 19.7 Å². The van der Waals surface area contributed by atoms with Gasteiger partial charge in [0, 0.05) is 10.8 Å². The number of aromatic nitrogens is 1. The molecule has 7 heteroatoms. The van der Waals surface area contributed by atoms with E-state index in [1.807, 2.05) is 18.2 Å². The number of rotatable bonds is 5. The molecule has 30 heavy (non-hydrogen) atoms. The molecule has 1 aliphatic rings. The van der Waals surface area contributed by atoms with E-state index in [2.05, 4.69) is 22.4 Å². The molecule has 0 amide bonds. The molecule has 4 rings (SSSR count). The normalized spacial score (nSPS) is 16.7. The molecule has 0 bridgehead atoms. The van der Waals surface area contributed by atoms with Crippen molar-refractivity contribution in [1.82, 2.24) is 10.3 Å². The van der Waals surface area contributed by atoms with E-state index >= 15 is 0 Å². The van der Waals surface area contributed by atoms with Gasteiger partial charge in [0.25, 0.3) is 0 Å². The Bertz CT molecular complexity index is 1020. The number of nitrogens with one attached hydrogen (secondary N) is 1. The molecule has 1 saturated heterocycles. The summed E-state index contributed by atoms with van der Waals surface area (Å²) in [5, 5.41) is 4.25. The van der Waals surface area contributed by atoms with E-state index in [0.29, 0.717) is 22.7 Å². The molecule has 2 heterocycles. The van der Waals surface area contributed by atoms with Crippen LogP contribution in [0.2, 0.25) is 5.02 Å². The van der Waals surface area contributed by atoms with Crippen molar-refractivity contribution in [3.8, 4) is 0 Å². The van der Waals surface area contributed by atoms with Gasteiger partial charge in [-0.1, -0.05) is 48.0 Å². The van der Waals surface area contributed by atoms with E-state index in [9.17, 15) is 13.2 Å². The Morgan fingerprint density at radius 2 is 1.77 bits per heavy atom. The van der Waals surface area contributed by atoms with E-state index in [4.69, 9.17) is 16.3 Å². The molecule has 0 radical (unpaired) electrons. The van der Waals surface area contributed by atoms with Gasteiger partial charge in [0.1, 0.15) is 0 Å². The molecule has 2 aromatic carbocycles. The number of halogens is 4. The lowest BCUT2D eigenvalue weighted by atomic mass is 9.74. The van der Waals surface area contributed by atoms with Crippen LogP contribution in [0.1, 0.15) is 29.7 Å². The molecule has 0 unspecified atom stereocenters. The number of hydrogen-bond donors (Lipinski definition) is 1. The van der Waals surface area contributed by atoms with Gasteiger partial charge in [-0.2, -0.15) is 13.2 Å². The number of nitrogens with zero attached hydrogens (tertiary/aromatic N) is 1. The highest BCUT2D eigenvalue weighted by Gasteiger charge is 2.34. The van der Waals surface area contributed by atoms with Crippen LogP contribution in [0.15, 0.2) is 54.6 Å². The molecule has 3 aromatic rings. The summed E-state index contributed by atoms with van der Waals surface area (Å²) in [6.07, 6.45) is -2.51. The highest BCUT2D eigenvalue weighted by molar-refractivity contribution is 6.35. The van der Waals surface area contributed by atoms with E-state index in [-0.39, 0.29) is 17.5 Å². The third-order valence-corrected chi connectivity index (χ3v) is 6.03. The second-order valence-corrected chi connectivity index (χ2v) is 8.12. The Kier molecular flexibility index (Phi) is 6.00. The van der Waals surface area contributed by atoms with E-state index < -0.39 is 11.7 Å². The number of alkyl halides is 3. The quantitative estimate of drug-likeness (QED) is 0.555. The largest absolute Gasteiger partial charge is 0.416 e. The van der Waals surface area contributed by atoms with Crippen LogP contribution in [0.4, 0.5) is 13.2 Å². The molecule has 1 fully saturated rings. The first-order chi connectivity index (χ1) is 14.4. The summed E-state index contributed by atoms with van der Waals surface area (Å²) in [5.74, 6) is 0. The first-order valence-electron chi connectivity index (χ1n) is 9.88. The first-order valence-corrected chi connectivity index (χ1v) is 10.3. The maximum absolute atomic E-state index is 13.0. The molecular formula is C23H22ClF3N2O. The third-order valence-electron chi connectivity index (χ3n) is 5.71. The number of fused-ring (bicyclic) bond motifs is 1. The Balaban J connectivity index is 1.54. The maximum Gasteiger partial charge on any atom is 0.416 e. The lowest BCUT2D eigenvalue weighted by Gasteiger charge is -2.38. The topological polar surface area (TPSA) is 34.1 Å². The van der Waals surface area contributed by atoms with Gasteiger partial charge in [-0.3, -0.25) is 4.98 Å². The van der Waals surface area contributed by atoms with Gasteiger partial charge in [0.2, 0.25) is 0 Å². The zero-order valence-corrected chi connectivity index (χ0v) is 17.1.